The second kappa shape index (κ2) is 5.00. The maximum atomic E-state index is 9.75. The van der Waals surface area contributed by atoms with Crippen molar-refractivity contribution in [1.82, 2.24) is 10.2 Å². The second-order valence-corrected chi connectivity index (χ2v) is 4.95. The Bertz CT molecular complexity index is 817. The van der Waals surface area contributed by atoms with Gasteiger partial charge in [-0.15, -0.1) is 5.10 Å². The number of nitrogens with two attached hydrogens (primary N) is 1. The summed E-state index contributed by atoms with van der Waals surface area (Å²) in [6, 6.07) is 6.47. The van der Waals surface area contributed by atoms with Gasteiger partial charge in [0.05, 0.1) is 5.92 Å². The van der Waals surface area contributed by atoms with Crippen LogP contribution in [0.3, 0.4) is 0 Å². The molecule has 0 unspecified atom stereocenters. The molecule has 1 atom stereocenters. The van der Waals surface area contributed by atoms with Crippen LogP contribution in [-0.4, -0.2) is 20.4 Å². The summed E-state index contributed by atoms with van der Waals surface area (Å²) in [5, 5.41) is 35.6. The number of nitrogens with one attached hydrogen (secondary N) is 1. The molecule has 5 N–H and O–H groups in total. The van der Waals surface area contributed by atoms with Gasteiger partial charge in [0.2, 0.25) is 11.8 Å². The first-order valence-electron chi connectivity index (χ1n) is 6.73. The molecule has 3 rings (SSSR count). The summed E-state index contributed by atoms with van der Waals surface area (Å²) in [4.78, 5) is 0. The van der Waals surface area contributed by atoms with Crippen molar-refractivity contribution < 1.29 is 14.9 Å². The Morgan fingerprint density at radius 1 is 1.41 bits per heavy atom. The van der Waals surface area contributed by atoms with Gasteiger partial charge in [0.15, 0.2) is 11.5 Å². The predicted octanol–water partition coefficient (Wildman–Crippen LogP) is 1.60. The number of aromatic nitrogens is 2. The number of fused-ring (bicyclic) bond motifs is 1. The summed E-state index contributed by atoms with van der Waals surface area (Å²) in [6.45, 7) is 1.95. The zero-order chi connectivity index (χ0) is 15.9. The van der Waals surface area contributed by atoms with E-state index in [9.17, 15) is 15.5 Å². The zero-order valence-electron chi connectivity index (χ0n) is 11.8. The Kier molecular flexibility index (Phi) is 3.14. The summed E-state index contributed by atoms with van der Waals surface area (Å²) >= 11 is 0. The number of phenolic OH excluding ortho intramolecular Hbond substituents is 2. The summed E-state index contributed by atoms with van der Waals surface area (Å²) in [7, 11) is 0. The van der Waals surface area contributed by atoms with Crippen LogP contribution in [0.5, 0.6) is 17.4 Å². The van der Waals surface area contributed by atoms with Crippen molar-refractivity contribution in [2.24, 2.45) is 5.73 Å². The molecule has 7 nitrogen and oxygen atoms in total. The molecule has 1 aliphatic rings. The van der Waals surface area contributed by atoms with Gasteiger partial charge >= 0.3 is 0 Å². The highest BCUT2D eigenvalue weighted by molar-refractivity contribution is 5.57. The molecule has 112 valence electrons. The number of nitriles is 1. The van der Waals surface area contributed by atoms with Crippen molar-refractivity contribution >= 4 is 0 Å². The first-order valence-corrected chi connectivity index (χ1v) is 6.73. The van der Waals surface area contributed by atoms with Crippen LogP contribution in [-0.2, 0) is 6.42 Å². The van der Waals surface area contributed by atoms with Crippen molar-refractivity contribution in [3.05, 3.63) is 46.5 Å². The Balaban J connectivity index is 2.24. The number of hydrogen-bond acceptors (Lipinski definition) is 6. The highest BCUT2D eigenvalue weighted by Crippen LogP contribution is 2.44. The van der Waals surface area contributed by atoms with Crippen LogP contribution in [0.15, 0.2) is 29.7 Å². The van der Waals surface area contributed by atoms with Crippen LogP contribution in [0, 0.1) is 11.3 Å². The minimum Gasteiger partial charge on any atom is -0.504 e. The molecule has 1 aromatic carbocycles. The van der Waals surface area contributed by atoms with Crippen LogP contribution < -0.4 is 10.5 Å². The molecule has 0 amide bonds. The molecule has 0 saturated carbocycles. The monoisotopic (exact) mass is 298 g/mol. The van der Waals surface area contributed by atoms with Crippen molar-refractivity contribution in [3.8, 4) is 23.4 Å². The van der Waals surface area contributed by atoms with E-state index >= 15 is 0 Å². The van der Waals surface area contributed by atoms with Gasteiger partial charge in [-0.1, -0.05) is 13.0 Å². The van der Waals surface area contributed by atoms with E-state index in [0.717, 1.165) is 11.3 Å². The van der Waals surface area contributed by atoms with E-state index in [1.54, 1.807) is 6.07 Å². The fourth-order valence-corrected chi connectivity index (χ4v) is 2.63. The van der Waals surface area contributed by atoms with Gasteiger partial charge in [-0.25, -0.2) is 0 Å². The molecule has 0 radical (unpaired) electrons. The predicted molar refractivity (Wildman–Crippen MR) is 77.0 cm³/mol. The first kappa shape index (κ1) is 13.8. The lowest BCUT2D eigenvalue weighted by Crippen LogP contribution is -2.21. The number of ether oxygens (including phenoxy) is 1. The van der Waals surface area contributed by atoms with Crippen molar-refractivity contribution in [2.75, 3.05) is 0 Å². The standard InChI is InChI=1S/C15H14N4O3/c1-2-9-13-12(7-3-4-10(20)11(21)5-7)8(6-16)14(17)22-15(13)19-18-9/h3-5,12,20-21H,2,17H2,1H3,(H,18,19)/t12-/m0/s1. The Labute approximate surface area is 126 Å². The minimum absolute atomic E-state index is 0.0123. The van der Waals surface area contributed by atoms with Gasteiger partial charge in [0.1, 0.15) is 11.6 Å². The van der Waals surface area contributed by atoms with Gasteiger partial charge in [-0.3, -0.25) is 5.10 Å². The minimum atomic E-state index is -0.506. The second-order valence-electron chi connectivity index (χ2n) is 4.95. The van der Waals surface area contributed by atoms with Gasteiger partial charge in [0, 0.05) is 11.3 Å². The fraction of sp³-hybridized carbons (Fsp3) is 0.200. The number of nitrogens with zero attached hydrogens (tertiary/aromatic N) is 2. The quantitative estimate of drug-likeness (QED) is 0.623. The smallest absolute Gasteiger partial charge is 0.244 e. The highest BCUT2D eigenvalue weighted by Gasteiger charge is 2.35. The third-order valence-electron chi connectivity index (χ3n) is 3.70. The van der Waals surface area contributed by atoms with Crippen LogP contribution in [0.2, 0.25) is 0 Å². The van der Waals surface area contributed by atoms with Crippen molar-refractivity contribution in [2.45, 2.75) is 19.3 Å². The SMILES string of the molecule is CCc1[nH]nc2c1[C@@H](c1ccc(O)c(O)c1)C(C#N)=C(N)O2. The van der Waals surface area contributed by atoms with Gasteiger partial charge in [-0.2, -0.15) is 5.26 Å². The molecule has 2 heterocycles. The molecule has 2 aromatic rings. The lowest BCUT2D eigenvalue weighted by molar-refractivity contribution is 0.378. The van der Waals surface area contributed by atoms with E-state index in [4.69, 9.17) is 10.5 Å². The van der Waals surface area contributed by atoms with Gasteiger partial charge in [0.25, 0.3) is 0 Å². The number of benzene rings is 1. The molecule has 22 heavy (non-hydrogen) atoms. The van der Waals surface area contributed by atoms with Crippen LogP contribution >= 0.6 is 0 Å². The summed E-state index contributed by atoms with van der Waals surface area (Å²) in [5.74, 6) is -0.682. The lowest BCUT2D eigenvalue weighted by atomic mass is 9.83. The number of rotatable bonds is 2. The molecule has 7 heteroatoms. The maximum absolute atomic E-state index is 9.75. The lowest BCUT2D eigenvalue weighted by Gasteiger charge is -2.24. The number of H-pyrrole nitrogens is 1. The Morgan fingerprint density at radius 3 is 2.82 bits per heavy atom. The molecular weight excluding hydrogens is 284 g/mol. The number of aromatic amines is 1. The Hall–Kier alpha value is -3.14. The topological polar surface area (TPSA) is 128 Å². The normalized spacial score (nSPS) is 16.8. The number of allylic oxidation sites excluding steroid dienone is 1. The van der Waals surface area contributed by atoms with E-state index in [1.165, 1.54) is 12.1 Å². The molecule has 0 aliphatic carbocycles. The van der Waals surface area contributed by atoms with Gasteiger partial charge in [-0.05, 0) is 24.1 Å². The van der Waals surface area contributed by atoms with Gasteiger partial charge < -0.3 is 20.7 Å². The fourth-order valence-electron chi connectivity index (χ4n) is 2.63. The number of hydrogen-bond donors (Lipinski definition) is 4. The molecule has 1 aliphatic heterocycles. The highest BCUT2D eigenvalue weighted by atomic mass is 16.5. The third kappa shape index (κ3) is 1.93. The molecule has 0 spiro atoms. The van der Waals surface area contributed by atoms with Crippen molar-refractivity contribution in [3.63, 3.8) is 0 Å². The van der Waals surface area contributed by atoms with E-state index in [2.05, 4.69) is 16.3 Å². The first-order chi connectivity index (χ1) is 10.6. The molecule has 0 bridgehead atoms. The maximum Gasteiger partial charge on any atom is 0.244 e. The van der Waals surface area contributed by atoms with E-state index < -0.39 is 5.92 Å². The summed E-state index contributed by atoms with van der Waals surface area (Å²) in [6.07, 6.45) is 0.672. The molecular formula is C15H14N4O3. The average Bonchev–Trinajstić information content (AvgIpc) is 2.91. The molecule has 1 aromatic heterocycles. The van der Waals surface area contributed by atoms with E-state index in [0.29, 0.717) is 17.9 Å². The largest absolute Gasteiger partial charge is 0.504 e. The van der Waals surface area contributed by atoms with Crippen LogP contribution in [0.4, 0.5) is 0 Å². The number of phenols is 2. The van der Waals surface area contributed by atoms with E-state index in [-0.39, 0.29) is 23.0 Å². The average molecular weight is 298 g/mol. The molecule has 0 fully saturated rings. The van der Waals surface area contributed by atoms with Crippen LogP contribution in [0.1, 0.15) is 29.7 Å². The zero-order valence-corrected chi connectivity index (χ0v) is 11.8. The number of aryl methyl sites for hydroxylation is 1. The third-order valence-corrected chi connectivity index (χ3v) is 3.70. The Morgan fingerprint density at radius 2 is 2.18 bits per heavy atom. The summed E-state index contributed by atoms with van der Waals surface area (Å²) in [5.41, 5.74) is 8.23. The summed E-state index contributed by atoms with van der Waals surface area (Å²) < 4.78 is 5.40. The number of aromatic hydroxyl groups is 2. The van der Waals surface area contributed by atoms with Crippen LogP contribution in [0.25, 0.3) is 0 Å². The van der Waals surface area contributed by atoms with Crippen molar-refractivity contribution in [1.29, 1.82) is 5.26 Å². The molecule has 0 saturated heterocycles. The van der Waals surface area contributed by atoms with E-state index in [1.807, 2.05) is 6.92 Å².